The highest BCUT2D eigenvalue weighted by Gasteiger charge is 2.22. The Hall–Kier alpha value is -2.36. The van der Waals surface area contributed by atoms with Crippen LogP contribution < -0.4 is 0 Å². The predicted molar refractivity (Wildman–Crippen MR) is 109 cm³/mol. The largest absolute Gasteiger partial charge is 0.206 e. The average Bonchev–Trinajstić information content (AvgIpc) is 2.72. The zero-order chi connectivity index (χ0) is 20.5. The topological polar surface area (TPSA) is 0 Å². The highest BCUT2D eigenvalue weighted by molar-refractivity contribution is 5.89. The lowest BCUT2D eigenvalue weighted by atomic mass is 9.77. The van der Waals surface area contributed by atoms with Crippen LogP contribution in [0.3, 0.4) is 0 Å². The van der Waals surface area contributed by atoms with Crippen LogP contribution in [0.5, 0.6) is 0 Å². The number of rotatable bonds is 4. The van der Waals surface area contributed by atoms with Gasteiger partial charge >= 0.3 is 0 Å². The Bertz CT molecular complexity index is 1010. The molecule has 152 valence electrons. The highest BCUT2D eigenvalue weighted by Crippen LogP contribution is 2.39. The molecule has 0 radical (unpaired) electrons. The normalized spacial score (nSPS) is 19.6. The lowest BCUT2D eigenvalue weighted by Crippen LogP contribution is -2.13. The van der Waals surface area contributed by atoms with Gasteiger partial charge < -0.3 is 0 Å². The third-order valence-corrected chi connectivity index (χ3v) is 6.29. The van der Waals surface area contributed by atoms with Crippen molar-refractivity contribution in [2.45, 2.75) is 51.4 Å². The summed E-state index contributed by atoms with van der Waals surface area (Å²) in [6.07, 6.45) is 7.32. The van der Waals surface area contributed by atoms with Crippen LogP contribution in [-0.2, 0) is 0 Å². The Morgan fingerprint density at radius 3 is 2.14 bits per heavy atom. The summed E-state index contributed by atoms with van der Waals surface area (Å²) in [6.45, 7) is 2.23. The van der Waals surface area contributed by atoms with Crippen LogP contribution in [0.2, 0.25) is 0 Å². The molecule has 0 aromatic heterocycles. The molecule has 4 rings (SSSR count). The quantitative estimate of drug-likeness (QED) is 0.306. The molecule has 1 saturated carbocycles. The zero-order valence-electron chi connectivity index (χ0n) is 16.5. The first-order valence-corrected chi connectivity index (χ1v) is 10.3. The molecule has 0 spiro atoms. The van der Waals surface area contributed by atoms with Gasteiger partial charge in [0.15, 0.2) is 17.5 Å². The second-order valence-electron chi connectivity index (χ2n) is 8.17. The summed E-state index contributed by atoms with van der Waals surface area (Å²) in [5.74, 6) is -3.43. The summed E-state index contributed by atoms with van der Waals surface area (Å²) < 4.78 is 55.5. The second-order valence-corrected chi connectivity index (χ2v) is 8.17. The average molecular weight is 400 g/mol. The van der Waals surface area contributed by atoms with E-state index in [1.165, 1.54) is 37.3 Å². The second kappa shape index (κ2) is 8.17. The van der Waals surface area contributed by atoms with Gasteiger partial charge in [-0.25, -0.2) is 17.6 Å². The summed E-state index contributed by atoms with van der Waals surface area (Å²) in [6, 6.07) is 10.7. The molecule has 4 heteroatoms. The van der Waals surface area contributed by atoms with E-state index in [9.17, 15) is 13.2 Å². The van der Waals surface area contributed by atoms with Crippen LogP contribution in [0.15, 0.2) is 42.5 Å². The number of hydrogen-bond donors (Lipinski definition) is 0. The van der Waals surface area contributed by atoms with E-state index >= 15 is 4.39 Å². The standard InChI is InChI=1S/C25H24F4/c1-2-3-15-4-6-16(7-5-15)17-8-10-20-18(12-17)9-11-21(24(20)28)19-13-22(26)25(29)23(27)14-19/h8-16H,2-7H2,1H3/t15-,16-. The van der Waals surface area contributed by atoms with Crippen molar-refractivity contribution in [1.29, 1.82) is 0 Å². The summed E-state index contributed by atoms with van der Waals surface area (Å²) >= 11 is 0. The molecule has 0 unspecified atom stereocenters. The molecule has 3 aromatic rings. The number of benzene rings is 3. The minimum atomic E-state index is -1.55. The first-order chi connectivity index (χ1) is 14.0. The van der Waals surface area contributed by atoms with E-state index in [-0.39, 0.29) is 11.1 Å². The van der Waals surface area contributed by atoms with Crippen molar-refractivity contribution in [2.24, 2.45) is 5.92 Å². The maximum Gasteiger partial charge on any atom is 0.194 e. The van der Waals surface area contributed by atoms with E-state index in [1.54, 1.807) is 12.1 Å². The van der Waals surface area contributed by atoms with Gasteiger partial charge in [0.1, 0.15) is 5.82 Å². The van der Waals surface area contributed by atoms with Crippen molar-refractivity contribution in [3.05, 3.63) is 71.3 Å². The van der Waals surface area contributed by atoms with Crippen molar-refractivity contribution >= 4 is 10.8 Å². The van der Waals surface area contributed by atoms with E-state index in [0.29, 0.717) is 11.3 Å². The lowest BCUT2D eigenvalue weighted by Gasteiger charge is -2.28. The third kappa shape index (κ3) is 3.90. The molecule has 29 heavy (non-hydrogen) atoms. The molecule has 0 N–H and O–H groups in total. The molecular weight excluding hydrogens is 376 g/mol. The van der Waals surface area contributed by atoms with Gasteiger partial charge in [-0.15, -0.1) is 0 Å². The fourth-order valence-electron chi connectivity index (χ4n) is 4.69. The minimum Gasteiger partial charge on any atom is -0.206 e. The van der Waals surface area contributed by atoms with Gasteiger partial charge in [-0.1, -0.05) is 50.1 Å². The molecule has 0 bridgehead atoms. The SMILES string of the molecule is CCC[C@H]1CC[C@H](c2ccc3c(F)c(-c4cc(F)c(F)c(F)c4)ccc3c2)CC1. The molecule has 0 atom stereocenters. The minimum absolute atomic E-state index is 0.0147. The van der Waals surface area contributed by atoms with Crippen LogP contribution >= 0.6 is 0 Å². The highest BCUT2D eigenvalue weighted by atomic mass is 19.2. The van der Waals surface area contributed by atoms with Crippen LogP contribution in [0, 0.1) is 29.2 Å². The van der Waals surface area contributed by atoms with Crippen molar-refractivity contribution < 1.29 is 17.6 Å². The number of hydrogen-bond acceptors (Lipinski definition) is 0. The molecule has 1 aliphatic carbocycles. The Balaban J connectivity index is 1.64. The summed E-state index contributed by atoms with van der Waals surface area (Å²) in [5.41, 5.74) is 1.26. The van der Waals surface area contributed by atoms with Gasteiger partial charge in [0.05, 0.1) is 0 Å². The molecule has 1 aliphatic rings. The van der Waals surface area contributed by atoms with Gasteiger partial charge in [-0.05, 0) is 66.2 Å². The van der Waals surface area contributed by atoms with Gasteiger partial charge in [-0.2, -0.15) is 0 Å². The fraction of sp³-hybridized carbons (Fsp3) is 0.360. The van der Waals surface area contributed by atoms with Crippen LogP contribution in [0.1, 0.15) is 56.9 Å². The number of halogens is 4. The van der Waals surface area contributed by atoms with Crippen molar-refractivity contribution in [2.75, 3.05) is 0 Å². The van der Waals surface area contributed by atoms with E-state index < -0.39 is 23.3 Å². The summed E-state index contributed by atoms with van der Waals surface area (Å²) in [7, 11) is 0. The van der Waals surface area contributed by atoms with Gasteiger partial charge in [0, 0.05) is 10.9 Å². The maximum absolute atomic E-state index is 15.1. The Morgan fingerprint density at radius 2 is 1.48 bits per heavy atom. The molecule has 0 amide bonds. The third-order valence-electron chi connectivity index (χ3n) is 6.29. The smallest absolute Gasteiger partial charge is 0.194 e. The van der Waals surface area contributed by atoms with Crippen LogP contribution in [-0.4, -0.2) is 0 Å². The first kappa shape index (κ1) is 19.9. The zero-order valence-corrected chi connectivity index (χ0v) is 16.5. The fourth-order valence-corrected chi connectivity index (χ4v) is 4.69. The molecule has 0 saturated heterocycles. The summed E-state index contributed by atoms with van der Waals surface area (Å²) in [4.78, 5) is 0. The molecule has 1 fully saturated rings. The molecule has 0 aliphatic heterocycles. The predicted octanol–water partition coefficient (Wildman–Crippen LogP) is 8.14. The first-order valence-electron chi connectivity index (χ1n) is 10.3. The molecule has 3 aromatic carbocycles. The molecule has 0 heterocycles. The van der Waals surface area contributed by atoms with Gasteiger partial charge in [0.2, 0.25) is 0 Å². The number of fused-ring (bicyclic) bond motifs is 1. The lowest BCUT2D eigenvalue weighted by molar-refractivity contribution is 0.308. The van der Waals surface area contributed by atoms with E-state index in [2.05, 4.69) is 6.92 Å². The van der Waals surface area contributed by atoms with Gasteiger partial charge in [-0.3, -0.25) is 0 Å². The monoisotopic (exact) mass is 400 g/mol. The maximum atomic E-state index is 15.1. The Morgan fingerprint density at radius 1 is 0.793 bits per heavy atom. The van der Waals surface area contributed by atoms with Crippen LogP contribution in [0.4, 0.5) is 17.6 Å². The molecule has 0 nitrogen and oxygen atoms in total. The van der Waals surface area contributed by atoms with Gasteiger partial charge in [0.25, 0.3) is 0 Å². The van der Waals surface area contributed by atoms with E-state index in [1.807, 2.05) is 12.1 Å². The molecular formula is C25H24F4. The van der Waals surface area contributed by atoms with Crippen molar-refractivity contribution in [3.63, 3.8) is 0 Å². The van der Waals surface area contributed by atoms with E-state index in [4.69, 9.17) is 0 Å². The Labute approximate surface area is 168 Å². The Kier molecular flexibility index (Phi) is 5.62. The van der Waals surface area contributed by atoms with E-state index in [0.717, 1.165) is 36.3 Å². The summed E-state index contributed by atoms with van der Waals surface area (Å²) in [5, 5.41) is 1.17. The van der Waals surface area contributed by atoms with Crippen LogP contribution in [0.25, 0.3) is 21.9 Å². The van der Waals surface area contributed by atoms with Crippen molar-refractivity contribution in [1.82, 2.24) is 0 Å². The van der Waals surface area contributed by atoms with Crippen molar-refractivity contribution in [3.8, 4) is 11.1 Å².